The van der Waals surface area contributed by atoms with Crippen LogP contribution in [0.15, 0.2) is 60.7 Å². The van der Waals surface area contributed by atoms with Crippen LogP contribution in [0.25, 0.3) is 0 Å². The molecule has 3 nitrogen and oxygen atoms in total. The van der Waals surface area contributed by atoms with Crippen molar-refractivity contribution in [2.24, 2.45) is 0 Å². The lowest BCUT2D eigenvalue weighted by Crippen LogP contribution is -2.37. The van der Waals surface area contributed by atoms with Crippen LogP contribution in [0.4, 0.5) is 0 Å². The predicted octanol–water partition coefficient (Wildman–Crippen LogP) is 2.91. The summed E-state index contributed by atoms with van der Waals surface area (Å²) in [7, 11) is 0. The third-order valence-corrected chi connectivity index (χ3v) is 4.07. The van der Waals surface area contributed by atoms with Crippen molar-refractivity contribution >= 4 is 5.91 Å². The highest BCUT2D eigenvalue weighted by molar-refractivity contribution is 5.87. The number of rotatable bonds is 3. The molecule has 1 aliphatic heterocycles. The van der Waals surface area contributed by atoms with Crippen LogP contribution in [-0.4, -0.2) is 21.5 Å². The minimum absolute atomic E-state index is 0.0751. The van der Waals surface area contributed by atoms with E-state index in [1.165, 1.54) is 0 Å². The Morgan fingerprint density at radius 1 is 1.10 bits per heavy atom. The summed E-state index contributed by atoms with van der Waals surface area (Å²) in [6, 6.07) is 19.7. The van der Waals surface area contributed by atoms with E-state index in [4.69, 9.17) is 0 Å². The van der Waals surface area contributed by atoms with Crippen LogP contribution in [0.3, 0.4) is 0 Å². The molecule has 2 aromatic rings. The van der Waals surface area contributed by atoms with Crippen molar-refractivity contribution < 1.29 is 9.90 Å². The Balaban J connectivity index is 1.92. The van der Waals surface area contributed by atoms with E-state index in [1.807, 2.05) is 60.7 Å². The van der Waals surface area contributed by atoms with Crippen molar-refractivity contribution in [1.82, 2.24) is 4.90 Å². The standard InChI is InChI=1S/C18H19NO2/c1-18(21)12-16(15-10-6-3-7-11-15)19(17(18)20)13-14-8-4-2-5-9-14/h2-11,16,21H,12-13H2,1H3/t16-,18+/m1/s1. The zero-order valence-electron chi connectivity index (χ0n) is 12.1. The Bertz CT molecular complexity index is 622. The summed E-state index contributed by atoms with van der Waals surface area (Å²) in [5.74, 6) is -0.194. The molecule has 0 bridgehead atoms. The maximum Gasteiger partial charge on any atom is 0.255 e. The molecule has 3 rings (SSSR count). The lowest BCUT2D eigenvalue weighted by Gasteiger charge is -2.25. The number of carbonyl (C=O) groups excluding carboxylic acids is 1. The normalized spacial score (nSPS) is 25.3. The van der Waals surface area contributed by atoms with E-state index in [2.05, 4.69) is 0 Å². The number of benzene rings is 2. The molecule has 1 saturated heterocycles. The fourth-order valence-electron chi connectivity index (χ4n) is 2.96. The zero-order valence-corrected chi connectivity index (χ0v) is 12.1. The van der Waals surface area contributed by atoms with Crippen LogP contribution in [0.5, 0.6) is 0 Å². The van der Waals surface area contributed by atoms with Crippen LogP contribution in [0, 0.1) is 0 Å². The van der Waals surface area contributed by atoms with Gasteiger partial charge in [-0.05, 0) is 18.1 Å². The molecule has 0 unspecified atom stereocenters. The number of hydrogen-bond donors (Lipinski definition) is 1. The molecular formula is C18H19NO2. The molecular weight excluding hydrogens is 262 g/mol. The van der Waals surface area contributed by atoms with Crippen LogP contribution >= 0.6 is 0 Å². The largest absolute Gasteiger partial charge is 0.380 e. The summed E-state index contributed by atoms with van der Waals surface area (Å²) in [5, 5.41) is 10.4. The van der Waals surface area contributed by atoms with E-state index >= 15 is 0 Å². The van der Waals surface area contributed by atoms with Gasteiger partial charge in [0.15, 0.2) is 0 Å². The SMILES string of the molecule is C[C@]1(O)C[C@H](c2ccccc2)N(Cc2ccccc2)C1=O. The first-order valence-electron chi connectivity index (χ1n) is 7.20. The summed E-state index contributed by atoms with van der Waals surface area (Å²) in [6.07, 6.45) is 0.433. The molecule has 0 aliphatic carbocycles. The average molecular weight is 281 g/mol. The van der Waals surface area contributed by atoms with E-state index in [0.29, 0.717) is 13.0 Å². The minimum atomic E-state index is -1.28. The molecule has 0 saturated carbocycles. The minimum Gasteiger partial charge on any atom is -0.380 e. The molecule has 1 N–H and O–H groups in total. The van der Waals surface area contributed by atoms with Gasteiger partial charge in [0.1, 0.15) is 5.60 Å². The Morgan fingerprint density at radius 2 is 1.67 bits per heavy atom. The molecule has 0 radical (unpaired) electrons. The van der Waals surface area contributed by atoms with Gasteiger partial charge in [-0.2, -0.15) is 0 Å². The smallest absolute Gasteiger partial charge is 0.255 e. The third kappa shape index (κ3) is 2.69. The maximum absolute atomic E-state index is 12.5. The van der Waals surface area contributed by atoms with Crippen LogP contribution < -0.4 is 0 Å². The summed E-state index contributed by atoms with van der Waals surface area (Å²) in [6.45, 7) is 2.13. The van der Waals surface area contributed by atoms with Gasteiger partial charge in [0.2, 0.25) is 0 Å². The molecule has 0 aromatic heterocycles. The van der Waals surface area contributed by atoms with Gasteiger partial charge in [0.05, 0.1) is 6.04 Å². The molecule has 2 atom stereocenters. The van der Waals surface area contributed by atoms with E-state index < -0.39 is 5.60 Å². The van der Waals surface area contributed by atoms with Crippen LogP contribution in [0.1, 0.15) is 30.5 Å². The van der Waals surface area contributed by atoms with Gasteiger partial charge in [0.25, 0.3) is 5.91 Å². The van der Waals surface area contributed by atoms with Gasteiger partial charge in [-0.1, -0.05) is 60.7 Å². The van der Waals surface area contributed by atoms with E-state index in [1.54, 1.807) is 11.8 Å². The van der Waals surface area contributed by atoms with Crippen molar-refractivity contribution in [2.45, 2.75) is 31.5 Å². The first-order chi connectivity index (χ1) is 10.1. The van der Waals surface area contributed by atoms with Crippen LogP contribution in [0.2, 0.25) is 0 Å². The fourth-order valence-corrected chi connectivity index (χ4v) is 2.96. The number of aliphatic hydroxyl groups is 1. The maximum atomic E-state index is 12.5. The Labute approximate surface area is 124 Å². The molecule has 0 spiro atoms. The molecule has 21 heavy (non-hydrogen) atoms. The number of likely N-dealkylation sites (tertiary alicyclic amines) is 1. The lowest BCUT2D eigenvalue weighted by atomic mass is 9.98. The third-order valence-electron chi connectivity index (χ3n) is 4.07. The van der Waals surface area contributed by atoms with Gasteiger partial charge in [-0.25, -0.2) is 0 Å². The van der Waals surface area contributed by atoms with Crippen molar-refractivity contribution in [1.29, 1.82) is 0 Å². The van der Waals surface area contributed by atoms with E-state index in [9.17, 15) is 9.90 Å². The van der Waals surface area contributed by atoms with Gasteiger partial charge < -0.3 is 10.0 Å². The van der Waals surface area contributed by atoms with E-state index in [0.717, 1.165) is 11.1 Å². The second kappa shape index (κ2) is 5.34. The highest BCUT2D eigenvalue weighted by Gasteiger charge is 2.47. The predicted molar refractivity (Wildman–Crippen MR) is 81.4 cm³/mol. The molecule has 1 heterocycles. The quantitative estimate of drug-likeness (QED) is 0.939. The fraction of sp³-hybridized carbons (Fsp3) is 0.278. The first kappa shape index (κ1) is 13.8. The summed E-state index contributed by atoms with van der Waals surface area (Å²) in [5.41, 5.74) is 0.860. The number of amides is 1. The molecule has 108 valence electrons. The van der Waals surface area contributed by atoms with Crippen LogP contribution in [-0.2, 0) is 11.3 Å². The van der Waals surface area contributed by atoms with E-state index in [-0.39, 0.29) is 11.9 Å². The first-order valence-corrected chi connectivity index (χ1v) is 7.20. The Morgan fingerprint density at radius 3 is 2.29 bits per heavy atom. The highest BCUT2D eigenvalue weighted by atomic mass is 16.3. The molecule has 1 amide bonds. The molecule has 3 heteroatoms. The van der Waals surface area contributed by atoms with Gasteiger partial charge in [0, 0.05) is 13.0 Å². The Kier molecular flexibility index (Phi) is 3.52. The van der Waals surface area contributed by atoms with Gasteiger partial charge >= 0.3 is 0 Å². The number of carbonyl (C=O) groups is 1. The van der Waals surface area contributed by atoms with Crippen molar-refractivity contribution in [3.63, 3.8) is 0 Å². The molecule has 1 fully saturated rings. The zero-order chi connectivity index (χ0) is 14.9. The average Bonchev–Trinajstić information content (AvgIpc) is 2.73. The molecule has 1 aliphatic rings. The van der Waals surface area contributed by atoms with Crippen molar-refractivity contribution in [2.75, 3.05) is 0 Å². The number of nitrogens with zero attached hydrogens (tertiary/aromatic N) is 1. The lowest BCUT2D eigenvalue weighted by molar-refractivity contribution is -0.142. The van der Waals surface area contributed by atoms with Crippen molar-refractivity contribution in [3.8, 4) is 0 Å². The van der Waals surface area contributed by atoms with Crippen molar-refractivity contribution in [3.05, 3.63) is 71.8 Å². The number of hydrogen-bond acceptors (Lipinski definition) is 2. The Hall–Kier alpha value is -2.13. The second-order valence-corrected chi connectivity index (χ2v) is 5.82. The molecule has 2 aromatic carbocycles. The monoisotopic (exact) mass is 281 g/mol. The summed E-state index contributed by atoms with van der Waals surface area (Å²) in [4.78, 5) is 14.3. The summed E-state index contributed by atoms with van der Waals surface area (Å²) < 4.78 is 0. The topological polar surface area (TPSA) is 40.5 Å². The second-order valence-electron chi connectivity index (χ2n) is 5.82. The summed E-state index contributed by atoms with van der Waals surface area (Å²) >= 11 is 0. The van der Waals surface area contributed by atoms with Gasteiger partial charge in [-0.3, -0.25) is 4.79 Å². The van der Waals surface area contributed by atoms with Gasteiger partial charge in [-0.15, -0.1) is 0 Å². The highest BCUT2D eigenvalue weighted by Crippen LogP contribution is 2.39.